The largest absolute Gasteiger partial charge is 0.349 e. The zero-order valence-corrected chi connectivity index (χ0v) is 20.9. The third kappa shape index (κ3) is 6.82. The summed E-state index contributed by atoms with van der Waals surface area (Å²) < 4.78 is 13.2. The number of benzene rings is 1. The SMILES string of the molecule is O=C(NC1CCC(C(=O)Nc2ccc(F)cc2Cl)CC1)c1nc[nH]c1C(=O)NCCN1CCCCC1. The molecule has 194 valence electrons. The highest BCUT2D eigenvalue weighted by molar-refractivity contribution is 6.33. The van der Waals surface area contributed by atoms with Crippen molar-refractivity contribution in [2.45, 2.75) is 51.0 Å². The second kappa shape index (κ2) is 12.3. The first-order valence-corrected chi connectivity index (χ1v) is 12.9. The molecule has 1 saturated carbocycles. The molecule has 0 unspecified atom stereocenters. The number of hydrogen-bond donors (Lipinski definition) is 4. The summed E-state index contributed by atoms with van der Waals surface area (Å²) in [5.41, 5.74) is 0.588. The van der Waals surface area contributed by atoms with E-state index in [4.69, 9.17) is 11.6 Å². The van der Waals surface area contributed by atoms with Crippen LogP contribution >= 0.6 is 11.6 Å². The van der Waals surface area contributed by atoms with E-state index in [1.165, 1.54) is 37.7 Å². The lowest BCUT2D eigenvalue weighted by molar-refractivity contribution is -0.120. The van der Waals surface area contributed by atoms with E-state index in [1.54, 1.807) is 0 Å². The van der Waals surface area contributed by atoms with Crippen LogP contribution in [0.3, 0.4) is 0 Å². The van der Waals surface area contributed by atoms with Crippen molar-refractivity contribution in [2.75, 3.05) is 31.5 Å². The van der Waals surface area contributed by atoms with Gasteiger partial charge in [0.1, 0.15) is 11.5 Å². The van der Waals surface area contributed by atoms with Gasteiger partial charge in [-0.15, -0.1) is 0 Å². The number of aromatic nitrogens is 2. The molecule has 0 spiro atoms. The summed E-state index contributed by atoms with van der Waals surface area (Å²) >= 11 is 6.00. The predicted octanol–water partition coefficient (Wildman–Crippen LogP) is 3.35. The summed E-state index contributed by atoms with van der Waals surface area (Å²) in [6.45, 7) is 3.40. The molecule has 1 aromatic heterocycles. The lowest BCUT2D eigenvalue weighted by atomic mass is 9.85. The molecule has 1 saturated heterocycles. The third-order valence-corrected chi connectivity index (χ3v) is 7.18. The number of carbonyl (C=O) groups excluding carboxylic acids is 3. The topological polar surface area (TPSA) is 119 Å². The average Bonchev–Trinajstić information content (AvgIpc) is 3.37. The fourth-order valence-corrected chi connectivity index (χ4v) is 5.03. The van der Waals surface area contributed by atoms with E-state index in [0.29, 0.717) is 37.9 Å². The standard InChI is InChI=1S/C25H32ClFN6O3/c26-19-14-17(27)6-9-20(19)32-23(34)16-4-7-18(8-5-16)31-25(36)22-21(29-15-30-22)24(35)28-10-13-33-11-2-1-3-12-33/h6,9,14-16,18H,1-5,7-8,10-13H2,(H,28,35)(H,29,30)(H,31,36)(H,32,34). The first kappa shape index (κ1) is 26.1. The Bertz CT molecular complexity index is 1080. The third-order valence-electron chi connectivity index (χ3n) is 6.87. The second-order valence-corrected chi connectivity index (χ2v) is 9.83. The molecule has 11 heteroatoms. The zero-order valence-electron chi connectivity index (χ0n) is 20.1. The number of likely N-dealkylation sites (tertiary alicyclic amines) is 1. The molecule has 0 radical (unpaired) electrons. The molecule has 4 N–H and O–H groups in total. The van der Waals surface area contributed by atoms with Crippen LogP contribution in [0.25, 0.3) is 0 Å². The maximum atomic E-state index is 13.2. The van der Waals surface area contributed by atoms with E-state index in [0.717, 1.165) is 25.7 Å². The highest BCUT2D eigenvalue weighted by Crippen LogP contribution is 2.28. The first-order valence-electron chi connectivity index (χ1n) is 12.5. The van der Waals surface area contributed by atoms with Gasteiger partial charge in [0, 0.05) is 25.0 Å². The van der Waals surface area contributed by atoms with Gasteiger partial charge >= 0.3 is 0 Å². The highest BCUT2D eigenvalue weighted by Gasteiger charge is 2.29. The summed E-state index contributed by atoms with van der Waals surface area (Å²) in [6, 6.07) is 3.71. The molecule has 0 bridgehead atoms. The van der Waals surface area contributed by atoms with Crippen molar-refractivity contribution < 1.29 is 18.8 Å². The number of H-pyrrole nitrogens is 1. The lowest BCUT2D eigenvalue weighted by Crippen LogP contribution is -2.41. The van der Waals surface area contributed by atoms with E-state index in [9.17, 15) is 18.8 Å². The molecule has 9 nitrogen and oxygen atoms in total. The number of aromatic amines is 1. The molecule has 1 aliphatic heterocycles. The fraction of sp³-hybridized carbons (Fsp3) is 0.520. The highest BCUT2D eigenvalue weighted by atomic mass is 35.5. The molecular weight excluding hydrogens is 487 g/mol. The number of piperidine rings is 1. The van der Waals surface area contributed by atoms with Gasteiger partial charge in [-0.1, -0.05) is 18.0 Å². The van der Waals surface area contributed by atoms with Crippen LogP contribution < -0.4 is 16.0 Å². The van der Waals surface area contributed by atoms with Crippen LogP contribution in [-0.4, -0.2) is 64.8 Å². The number of carbonyl (C=O) groups is 3. The van der Waals surface area contributed by atoms with Crippen LogP contribution in [0.5, 0.6) is 0 Å². The van der Waals surface area contributed by atoms with Gasteiger partial charge in [-0.2, -0.15) is 0 Å². The summed E-state index contributed by atoms with van der Waals surface area (Å²) in [4.78, 5) is 47.2. The molecule has 3 amide bonds. The predicted molar refractivity (Wildman–Crippen MR) is 134 cm³/mol. The van der Waals surface area contributed by atoms with E-state index in [-0.39, 0.29) is 40.2 Å². The van der Waals surface area contributed by atoms with Crippen molar-refractivity contribution >= 4 is 35.0 Å². The van der Waals surface area contributed by atoms with Crippen molar-refractivity contribution in [3.63, 3.8) is 0 Å². The van der Waals surface area contributed by atoms with Crippen LogP contribution in [-0.2, 0) is 4.79 Å². The van der Waals surface area contributed by atoms with Crippen LogP contribution in [0.1, 0.15) is 65.9 Å². The van der Waals surface area contributed by atoms with Crippen molar-refractivity contribution in [1.82, 2.24) is 25.5 Å². The van der Waals surface area contributed by atoms with Gasteiger partial charge in [0.25, 0.3) is 11.8 Å². The van der Waals surface area contributed by atoms with Crippen LogP contribution in [0, 0.1) is 11.7 Å². The first-order chi connectivity index (χ1) is 17.4. The molecule has 2 heterocycles. The summed E-state index contributed by atoms with van der Waals surface area (Å²) in [5.74, 6) is -1.64. The summed E-state index contributed by atoms with van der Waals surface area (Å²) in [5, 5.41) is 8.72. The van der Waals surface area contributed by atoms with E-state index < -0.39 is 11.7 Å². The number of hydrogen-bond acceptors (Lipinski definition) is 5. The molecule has 36 heavy (non-hydrogen) atoms. The average molecular weight is 519 g/mol. The van der Waals surface area contributed by atoms with E-state index >= 15 is 0 Å². The maximum absolute atomic E-state index is 13.2. The Morgan fingerprint density at radius 1 is 1.08 bits per heavy atom. The Kier molecular flexibility index (Phi) is 8.93. The molecule has 2 aliphatic rings. The van der Waals surface area contributed by atoms with Crippen molar-refractivity contribution in [2.24, 2.45) is 5.92 Å². The smallest absolute Gasteiger partial charge is 0.272 e. The van der Waals surface area contributed by atoms with Gasteiger partial charge in [-0.25, -0.2) is 9.37 Å². The Labute approximate surface area is 214 Å². The maximum Gasteiger partial charge on any atom is 0.272 e. The molecule has 1 aliphatic carbocycles. The minimum Gasteiger partial charge on any atom is -0.349 e. The number of rotatable bonds is 8. The van der Waals surface area contributed by atoms with Gasteiger partial charge in [-0.05, 0) is 69.8 Å². The van der Waals surface area contributed by atoms with Gasteiger partial charge in [0.05, 0.1) is 17.0 Å². The van der Waals surface area contributed by atoms with Crippen LogP contribution in [0.15, 0.2) is 24.5 Å². The molecule has 4 rings (SSSR count). The molecule has 1 aromatic carbocycles. The van der Waals surface area contributed by atoms with Gasteiger partial charge < -0.3 is 25.8 Å². The van der Waals surface area contributed by atoms with Gasteiger partial charge in [-0.3, -0.25) is 14.4 Å². The van der Waals surface area contributed by atoms with Gasteiger partial charge in [0.15, 0.2) is 5.69 Å². The number of amides is 3. The fourth-order valence-electron chi connectivity index (χ4n) is 4.82. The molecule has 0 atom stereocenters. The van der Waals surface area contributed by atoms with Crippen LogP contribution in [0.2, 0.25) is 5.02 Å². The Morgan fingerprint density at radius 2 is 1.83 bits per heavy atom. The van der Waals surface area contributed by atoms with Crippen molar-refractivity contribution in [3.05, 3.63) is 46.8 Å². The minimum absolute atomic E-state index is 0.0660. The van der Waals surface area contributed by atoms with Crippen molar-refractivity contribution in [1.29, 1.82) is 0 Å². The normalized spacial score (nSPS) is 20.5. The Hall–Kier alpha value is -2.98. The second-order valence-electron chi connectivity index (χ2n) is 9.42. The number of nitrogens with zero attached hydrogens (tertiary/aromatic N) is 2. The Morgan fingerprint density at radius 3 is 2.56 bits per heavy atom. The van der Waals surface area contributed by atoms with Gasteiger partial charge in [0.2, 0.25) is 5.91 Å². The molecule has 2 fully saturated rings. The van der Waals surface area contributed by atoms with Crippen molar-refractivity contribution in [3.8, 4) is 0 Å². The monoisotopic (exact) mass is 518 g/mol. The summed E-state index contributed by atoms with van der Waals surface area (Å²) in [6.07, 6.45) is 7.37. The Balaban J connectivity index is 1.23. The van der Waals surface area contributed by atoms with E-state index in [2.05, 4.69) is 30.8 Å². The zero-order chi connectivity index (χ0) is 25.5. The number of imidazole rings is 1. The summed E-state index contributed by atoms with van der Waals surface area (Å²) in [7, 11) is 0. The lowest BCUT2D eigenvalue weighted by Gasteiger charge is -2.28. The van der Waals surface area contributed by atoms with E-state index in [1.807, 2.05) is 0 Å². The number of halogens is 2. The minimum atomic E-state index is -0.468. The quantitative estimate of drug-likeness (QED) is 0.427. The number of anilines is 1. The molecule has 2 aromatic rings. The van der Waals surface area contributed by atoms with Crippen LogP contribution in [0.4, 0.5) is 10.1 Å². The molecular formula is C25H32ClFN6O3. The number of nitrogens with one attached hydrogen (secondary N) is 4.